The molecule has 0 rings (SSSR count). The summed E-state index contributed by atoms with van der Waals surface area (Å²) >= 11 is 0. The van der Waals surface area contributed by atoms with E-state index in [9.17, 15) is 0 Å². The van der Waals surface area contributed by atoms with Crippen LogP contribution in [0, 0.1) is 0 Å². The summed E-state index contributed by atoms with van der Waals surface area (Å²) in [6, 6.07) is 0. The fourth-order valence-electron chi connectivity index (χ4n) is 0.447. The lowest BCUT2D eigenvalue weighted by Crippen LogP contribution is -2.01. The molecule has 10 heteroatoms. The summed E-state index contributed by atoms with van der Waals surface area (Å²) < 4.78 is 52.2. The van der Waals surface area contributed by atoms with Gasteiger partial charge in [0.1, 0.15) is 0 Å². The smallest absolute Gasteiger partial charge is 0.574 e. The van der Waals surface area contributed by atoms with E-state index in [0.29, 0.717) is 0 Å². The van der Waals surface area contributed by atoms with Crippen molar-refractivity contribution in [2.75, 3.05) is 28.4 Å². The molecule has 0 aromatic rings. The van der Waals surface area contributed by atoms with Gasteiger partial charge in [0.15, 0.2) is 0 Å². The van der Waals surface area contributed by atoms with Crippen molar-refractivity contribution in [1.29, 1.82) is 0 Å². The van der Waals surface area contributed by atoms with Crippen molar-refractivity contribution in [3.05, 3.63) is 0 Å². The van der Waals surface area contributed by atoms with Gasteiger partial charge in [-0.05, 0) is 0 Å². The Labute approximate surface area is 83.4 Å². The van der Waals surface area contributed by atoms with Crippen LogP contribution in [-0.4, -0.2) is 46.0 Å². The second kappa shape index (κ2) is 7.43. The summed E-state index contributed by atoms with van der Waals surface area (Å²) in [5, 5.41) is 0. The van der Waals surface area contributed by atoms with E-state index < -0.39 is 18.6 Å². The van der Waals surface area contributed by atoms with Crippen LogP contribution in [0.5, 0.6) is 0 Å². The topological polar surface area (TPSA) is 114 Å². The summed E-state index contributed by atoms with van der Waals surface area (Å²) in [6.45, 7) is 0. The Hall–Kier alpha value is 0.140. The fraction of sp³-hybridized carbons (Fsp3) is 1.00. The molecule has 0 aliphatic carbocycles. The molecule has 0 radical (unpaired) electrons. The van der Waals surface area contributed by atoms with E-state index in [2.05, 4.69) is 0 Å². The van der Waals surface area contributed by atoms with Gasteiger partial charge in [0, 0.05) is 0 Å². The van der Waals surface area contributed by atoms with Crippen molar-refractivity contribution in [3.63, 3.8) is 0 Å². The zero-order valence-electron chi connectivity index (χ0n) is 8.16. The average molecular weight is 252 g/mol. The molecule has 14 heavy (non-hydrogen) atoms. The second-order valence-electron chi connectivity index (χ2n) is 1.61. The van der Waals surface area contributed by atoms with Crippen LogP contribution in [0.2, 0.25) is 0 Å². The van der Waals surface area contributed by atoms with Crippen molar-refractivity contribution >= 4 is 18.6 Å². The standard InChI is InChI=1S/C4H12O4P.H2O4S/c1-5-9(6-2,7-3)8-4;1-5(2,3)4/h1-4H3;(H2,1,2,3,4)/q+1;/p-1. The molecular weight excluding hydrogens is 239 g/mol. The number of rotatable bonds is 4. The second-order valence-corrected chi connectivity index (χ2v) is 4.82. The Balaban J connectivity index is 0. The van der Waals surface area contributed by atoms with Gasteiger partial charge >= 0.3 is 8.17 Å². The Morgan fingerprint density at radius 2 is 1.14 bits per heavy atom. The first-order chi connectivity index (χ1) is 6.24. The predicted octanol–water partition coefficient (Wildman–Crippen LogP) is 0.254. The monoisotopic (exact) mass is 252 g/mol. The first-order valence-electron chi connectivity index (χ1n) is 3.05. The molecule has 0 saturated carbocycles. The van der Waals surface area contributed by atoms with Gasteiger partial charge in [0.25, 0.3) is 0 Å². The first-order valence-corrected chi connectivity index (χ1v) is 5.87. The molecule has 0 aromatic carbocycles. The minimum atomic E-state index is -4.92. The van der Waals surface area contributed by atoms with Crippen molar-refractivity contribution in [3.8, 4) is 0 Å². The van der Waals surface area contributed by atoms with Crippen LogP contribution in [0.3, 0.4) is 0 Å². The maximum atomic E-state index is 8.63. The van der Waals surface area contributed by atoms with Crippen LogP contribution >= 0.6 is 8.17 Å². The maximum Gasteiger partial charge on any atom is 0.574 e. The van der Waals surface area contributed by atoms with Crippen molar-refractivity contribution in [1.82, 2.24) is 0 Å². The van der Waals surface area contributed by atoms with Crippen molar-refractivity contribution < 1.29 is 35.6 Å². The highest BCUT2D eigenvalue weighted by Gasteiger charge is 2.43. The van der Waals surface area contributed by atoms with E-state index in [0.717, 1.165) is 0 Å². The zero-order chi connectivity index (χ0) is 11.8. The molecule has 1 N–H and O–H groups in total. The Kier molecular flexibility index (Phi) is 8.80. The molecule has 0 atom stereocenters. The fourth-order valence-corrected chi connectivity index (χ4v) is 1.34. The predicted molar refractivity (Wildman–Crippen MR) is 47.3 cm³/mol. The normalized spacial score (nSPS) is 11.9. The van der Waals surface area contributed by atoms with E-state index in [1.165, 1.54) is 28.4 Å². The SMILES string of the molecule is CO[P+](OC)(OC)OC.O=S(=O)([O-])O. The van der Waals surface area contributed by atoms with Crippen LogP contribution < -0.4 is 0 Å². The minimum absolute atomic E-state index is 1.48. The van der Waals surface area contributed by atoms with Crippen LogP contribution in [0.25, 0.3) is 0 Å². The minimum Gasteiger partial charge on any atom is -0.726 e. The molecule has 8 nitrogen and oxygen atoms in total. The van der Waals surface area contributed by atoms with Gasteiger partial charge in [0.05, 0.1) is 28.4 Å². The Morgan fingerprint density at radius 1 is 1.00 bits per heavy atom. The van der Waals surface area contributed by atoms with E-state index in [1.807, 2.05) is 0 Å². The molecule has 0 bridgehead atoms. The molecule has 0 aromatic heterocycles. The van der Waals surface area contributed by atoms with Crippen molar-refractivity contribution in [2.24, 2.45) is 0 Å². The maximum absolute atomic E-state index is 8.63. The van der Waals surface area contributed by atoms with Gasteiger partial charge in [-0.15, -0.1) is 0 Å². The van der Waals surface area contributed by atoms with E-state index in [4.69, 9.17) is 35.6 Å². The lowest BCUT2D eigenvalue weighted by molar-refractivity contribution is 0.119. The summed E-state index contributed by atoms with van der Waals surface area (Å²) in [7, 11) is -1.43. The highest BCUT2D eigenvalue weighted by Crippen LogP contribution is 2.60. The van der Waals surface area contributed by atoms with Gasteiger partial charge < -0.3 is 4.55 Å². The summed E-state index contributed by atoms with van der Waals surface area (Å²) in [5.41, 5.74) is 0. The van der Waals surface area contributed by atoms with E-state index in [1.54, 1.807) is 0 Å². The Morgan fingerprint density at radius 3 is 1.14 bits per heavy atom. The molecule has 0 spiro atoms. The van der Waals surface area contributed by atoms with E-state index >= 15 is 0 Å². The lowest BCUT2D eigenvalue weighted by Gasteiger charge is -2.10. The molecular formula is C4H13O8PS. The third-order valence-electron chi connectivity index (χ3n) is 0.894. The van der Waals surface area contributed by atoms with Gasteiger partial charge in [0.2, 0.25) is 10.4 Å². The van der Waals surface area contributed by atoms with Gasteiger partial charge in [-0.3, -0.25) is 4.55 Å². The van der Waals surface area contributed by atoms with Crippen LogP contribution in [0.15, 0.2) is 0 Å². The molecule has 88 valence electrons. The highest BCUT2D eigenvalue weighted by molar-refractivity contribution is 7.79. The molecule has 0 aliphatic rings. The van der Waals surface area contributed by atoms with Crippen LogP contribution in [0.4, 0.5) is 0 Å². The van der Waals surface area contributed by atoms with Gasteiger partial charge in [-0.2, -0.15) is 18.1 Å². The summed E-state index contributed by atoms with van der Waals surface area (Å²) in [5.74, 6) is 0. The zero-order valence-corrected chi connectivity index (χ0v) is 9.87. The molecule has 0 fully saturated rings. The molecule has 0 unspecified atom stereocenters. The summed E-state index contributed by atoms with van der Waals surface area (Å²) in [4.78, 5) is 0. The summed E-state index contributed by atoms with van der Waals surface area (Å²) in [6.07, 6.45) is 0. The third-order valence-corrected chi connectivity index (χ3v) is 2.68. The third kappa shape index (κ3) is 10.2. The molecule has 0 amide bonds. The van der Waals surface area contributed by atoms with Gasteiger partial charge in [-0.25, -0.2) is 8.42 Å². The first kappa shape index (κ1) is 16.6. The number of hydrogen-bond acceptors (Lipinski definition) is 7. The molecule has 0 saturated heterocycles. The molecule has 0 aliphatic heterocycles. The van der Waals surface area contributed by atoms with Crippen LogP contribution in [-0.2, 0) is 28.5 Å². The van der Waals surface area contributed by atoms with Crippen molar-refractivity contribution in [2.45, 2.75) is 0 Å². The number of hydrogen-bond donors (Lipinski definition) is 1. The highest BCUT2D eigenvalue weighted by atomic mass is 32.3. The quantitative estimate of drug-likeness (QED) is 0.430. The lowest BCUT2D eigenvalue weighted by atomic mass is 11.8. The Bertz CT molecular complexity index is 196. The molecule has 0 heterocycles. The van der Waals surface area contributed by atoms with E-state index in [-0.39, 0.29) is 0 Å². The largest absolute Gasteiger partial charge is 0.726 e. The average Bonchev–Trinajstić information content (AvgIpc) is 2.07. The van der Waals surface area contributed by atoms with Gasteiger partial charge in [-0.1, -0.05) is 0 Å². The van der Waals surface area contributed by atoms with Crippen LogP contribution in [0.1, 0.15) is 0 Å².